The molecule has 1 N–H and O–H groups in total. The summed E-state index contributed by atoms with van der Waals surface area (Å²) in [5, 5.41) is 3.59. The fourth-order valence-corrected chi connectivity index (χ4v) is 2.45. The van der Waals surface area contributed by atoms with Crippen molar-refractivity contribution in [3.05, 3.63) is 0 Å². The summed E-state index contributed by atoms with van der Waals surface area (Å²) in [7, 11) is 0. The predicted octanol–water partition coefficient (Wildman–Crippen LogP) is 2.95. The van der Waals surface area contributed by atoms with E-state index in [4.69, 9.17) is 0 Å². The van der Waals surface area contributed by atoms with E-state index in [-0.39, 0.29) is 0 Å². The Bertz CT molecular complexity index is 112. The zero-order valence-corrected chi connectivity index (χ0v) is 8.77. The average Bonchev–Trinajstić information content (AvgIpc) is 1.99. The van der Waals surface area contributed by atoms with E-state index in [1.165, 1.54) is 32.1 Å². The Hall–Kier alpha value is -0.0400. The second-order valence-electron chi connectivity index (χ2n) is 4.45. The summed E-state index contributed by atoms with van der Waals surface area (Å²) in [5.74, 6) is 0.996. The van der Waals surface area contributed by atoms with Crippen molar-refractivity contribution in [3.8, 4) is 0 Å². The van der Waals surface area contributed by atoms with E-state index in [1.54, 1.807) is 0 Å². The Morgan fingerprint density at radius 1 is 1.17 bits per heavy atom. The average molecular weight is 169 g/mol. The van der Waals surface area contributed by atoms with Crippen LogP contribution in [-0.4, -0.2) is 12.1 Å². The Morgan fingerprint density at radius 3 is 2.25 bits per heavy atom. The van der Waals surface area contributed by atoms with Gasteiger partial charge in [0, 0.05) is 12.1 Å². The standard InChI is InChI=1S/C11H23N/c1-4-5-6-11-7-9(2)12-10(3)8-11/h9-12H,4-8H2,1-3H3. The second-order valence-corrected chi connectivity index (χ2v) is 4.45. The van der Waals surface area contributed by atoms with Crippen LogP contribution in [0.25, 0.3) is 0 Å². The third-order valence-corrected chi connectivity index (χ3v) is 2.91. The van der Waals surface area contributed by atoms with E-state index in [0.29, 0.717) is 0 Å². The van der Waals surface area contributed by atoms with Gasteiger partial charge >= 0.3 is 0 Å². The maximum atomic E-state index is 3.59. The van der Waals surface area contributed by atoms with Gasteiger partial charge in [-0.3, -0.25) is 0 Å². The van der Waals surface area contributed by atoms with Gasteiger partial charge in [0.1, 0.15) is 0 Å². The van der Waals surface area contributed by atoms with Gasteiger partial charge in [-0.05, 0) is 32.6 Å². The van der Waals surface area contributed by atoms with Crippen LogP contribution in [0, 0.1) is 5.92 Å². The van der Waals surface area contributed by atoms with E-state index >= 15 is 0 Å². The highest BCUT2D eigenvalue weighted by atomic mass is 14.9. The first-order valence-electron chi connectivity index (χ1n) is 5.48. The largest absolute Gasteiger partial charge is 0.312 e. The quantitative estimate of drug-likeness (QED) is 0.685. The topological polar surface area (TPSA) is 12.0 Å². The molecule has 1 aliphatic heterocycles. The van der Waals surface area contributed by atoms with Crippen LogP contribution in [0.4, 0.5) is 0 Å². The lowest BCUT2D eigenvalue weighted by Crippen LogP contribution is -2.42. The SMILES string of the molecule is CCCCC1CC(C)NC(C)C1. The second kappa shape index (κ2) is 4.86. The van der Waals surface area contributed by atoms with Crippen LogP contribution in [0.5, 0.6) is 0 Å². The molecule has 0 spiro atoms. The van der Waals surface area contributed by atoms with Gasteiger partial charge in [0.2, 0.25) is 0 Å². The molecule has 0 aromatic rings. The summed E-state index contributed by atoms with van der Waals surface area (Å²) in [5.41, 5.74) is 0. The number of hydrogen-bond acceptors (Lipinski definition) is 1. The van der Waals surface area contributed by atoms with Crippen molar-refractivity contribution in [2.45, 2.75) is 65.0 Å². The molecule has 2 unspecified atom stereocenters. The Balaban J connectivity index is 2.24. The van der Waals surface area contributed by atoms with Crippen LogP contribution in [0.1, 0.15) is 52.9 Å². The lowest BCUT2D eigenvalue weighted by Gasteiger charge is -2.32. The molecule has 0 saturated carbocycles. The van der Waals surface area contributed by atoms with Crippen molar-refractivity contribution < 1.29 is 0 Å². The summed E-state index contributed by atoms with van der Waals surface area (Å²) in [6, 6.07) is 1.49. The van der Waals surface area contributed by atoms with Crippen LogP contribution < -0.4 is 5.32 Å². The molecule has 1 heteroatoms. The zero-order chi connectivity index (χ0) is 8.97. The van der Waals surface area contributed by atoms with E-state index in [2.05, 4.69) is 26.1 Å². The van der Waals surface area contributed by atoms with Gasteiger partial charge < -0.3 is 5.32 Å². The van der Waals surface area contributed by atoms with Gasteiger partial charge in [-0.2, -0.15) is 0 Å². The Morgan fingerprint density at radius 2 is 1.75 bits per heavy atom. The molecule has 2 atom stereocenters. The highest BCUT2D eigenvalue weighted by Gasteiger charge is 2.22. The van der Waals surface area contributed by atoms with Crippen molar-refractivity contribution in [2.75, 3.05) is 0 Å². The van der Waals surface area contributed by atoms with Crippen LogP contribution in [0.2, 0.25) is 0 Å². The van der Waals surface area contributed by atoms with Crippen molar-refractivity contribution in [1.29, 1.82) is 0 Å². The number of piperidine rings is 1. The first kappa shape index (κ1) is 10.0. The van der Waals surface area contributed by atoms with E-state index in [9.17, 15) is 0 Å². The fourth-order valence-electron chi connectivity index (χ4n) is 2.45. The maximum Gasteiger partial charge on any atom is 0.00438 e. The van der Waals surface area contributed by atoms with Gasteiger partial charge in [0.15, 0.2) is 0 Å². The molecule has 1 aliphatic rings. The Kier molecular flexibility index (Phi) is 4.07. The zero-order valence-electron chi connectivity index (χ0n) is 8.77. The molecule has 0 aromatic heterocycles. The molecular formula is C11H23N. The summed E-state index contributed by atoms with van der Waals surface area (Å²) in [6.07, 6.45) is 7.01. The number of nitrogens with one attached hydrogen (secondary N) is 1. The first-order valence-corrected chi connectivity index (χ1v) is 5.48. The van der Waals surface area contributed by atoms with Gasteiger partial charge in [0.05, 0.1) is 0 Å². The van der Waals surface area contributed by atoms with Gasteiger partial charge in [-0.25, -0.2) is 0 Å². The third kappa shape index (κ3) is 3.14. The molecule has 1 nitrogen and oxygen atoms in total. The summed E-state index contributed by atoms with van der Waals surface area (Å²) < 4.78 is 0. The summed E-state index contributed by atoms with van der Waals surface area (Å²) >= 11 is 0. The first-order chi connectivity index (χ1) is 5.72. The highest BCUT2D eigenvalue weighted by Crippen LogP contribution is 2.24. The number of unbranched alkanes of at least 4 members (excludes halogenated alkanes) is 1. The molecule has 1 fully saturated rings. The minimum Gasteiger partial charge on any atom is -0.312 e. The maximum absolute atomic E-state index is 3.59. The normalized spacial score (nSPS) is 36.8. The monoisotopic (exact) mass is 169 g/mol. The van der Waals surface area contributed by atoms with Gasteiger partial charge in [-0.15, -0.1) is 0 Å². The molecule has 0 aromatic carbocycles. The molecule has 0 bridgehead atoms. The van der Waals surface area contributed by atoms with Crippen LogP contribution in [-0.2, 0) is 0 Å². The molecule has 72 valence electrons. The summed E-state index contributed by atoms with van der Waals surface area (Å²) in [4.78, 5) is 0. The van der Waals surface area contributed by atoms with Crippen molar-refractivity contribution in [2.24, 2.45) is 5.92 Å². The number of hydrogen-bond donors (Lipinski definition) is 1. The fraction of sp³-hybridized carbons (Fsp3) is 1.00. The highest BCUT2D eigenvalue weighted by molar-refractivity contribution is 4.80. The van der Waals surface area contributed by atoms with Crippen molar-refractivity contribution in [1.82, 2.24) is 5.32 Å². The van der Waals surface area contributed by atoms with Crippen molar-refractivity contribution >= 4 is 0 Å². The lowest BCUT2D eigenvalue weighted by atomic mass is 9.85. The Labute approximate surface area is 76.9 Å². The minimum absolute atomic E-state index is 0.746. The molecule has 1 rings (SSSR count). The van der Waals surface area contributed by atoms with Crippen LogP contribution in [0.15, 0.2) is 0 Å². The predicted molar refractivity (Wildman–Crippen MR) is 54.3 cm³/mol. The lowest BCUT2D eigenvalue weighted by molar-refractivity contribution is 0.248. The van der Waals surface area contributed by atoms with Gasteiger partial charge in [0.25, 0.3) is 0 Å². The molecule has 0 aliphatic carbocycles. The summed E-state index contributed by atoms with van der Waals surface area (Å²) in [6.45, 7) is 6.91. The smallest absolute Gasteiger partial charge is 0.00438 e. The van der Waals surface area contributed by atoms with E-state index in [1.807, 2.05) is 0 Å². The number of rotatable bonds is 3. The van der Waals surface area contributed by atoms with Gasteiger partial charge in [-0.1, -0.05) is 26.2 Å². The van der Waals surface area contributed by atoms with Crippen molar-refractivity contribution in [3.63, 3.8) is 0 Å². The molecule has 1 saturated heterocycles. The third-order valence-electron chi connectivity index (χ3n) is 2.91. The van der Waals surface area contributed by atoms with E-state index in [0.717, 1.165) is 18.0 Å². The molecular weight excluding hydrogens is 146 g/mol. The molecule has 1 heterocycles. The van der Waals surface area contributed by atoms with E-state index < -0.39 is 0 Å². The molecule has 0 amide bonds. The minimum atomic E-state index is 0.746. The van der Waals surface area contributed by atoms with Crippen LogP contribution in [0.3, 0.4) is 0 Å². The molecule has 0 radical (unpaired) electrons. The molecule has 12 heavy (non-hydrogen) atoms. The van der Waals surface area contributed by atoms with Crippen LogP contribution >= 0.6 is 0 Å².